The minimum Gasteiger partial charge on any atom is -0.383 e. The molecule has 1 aromatic carbocycles. The van der Waals surface area contributed by atoms with E-state index in [1.54, 1.807) is 17.8 Å². The lowest BCUT2D eigenvalue weighted by Crippen LogP contribution is -2.58. The lowest BCUT2D eigenvalue weighted by Gasteiger charge is -2.41. The molecule has 0 bridgehead atoms. The van der Waals surface area contributed by atoms with Crippen LogP contribution in [0.3, 0.4) is 0 Å². The van der Waals surface area contributed by atoms with Crippen LogP contribution in [0.2, 0.25) is 0 Å². The second kappa shape index (κ2) is 10.9. The van der Waals surface area contributed by atoms with Gasteiger partial charge in [-0.15, -0.1) is 0 Å². The second-order valence-electron chi connectivity index (χ2n) is 8.89. The lowest BCUT2D eigenvalue weighted by atomic mass is 9.88. The second-order valence-corrected chi connectivity index (χ2v) is 8.89. The minimum atomic E-state index is -1.09. The molecular weight excluding hydrogens is 404 g/mol. The van der Waals surface area contributed by atoms with E-state index < -0.39 is 5.60 Å². The number of nitrogens with zero attached hydrogens (tertiary/aromatic N) is 3. The molecule has 0 saturated carbocycles. The number of rotatable bonds is 9. The Kier molecular flexibility index (Phi) is 8.28. The van der Waals surface area contributed by atoms with Gasteiger partial charge < -0.3 is 25.8 Å². The fourth-order valence-corrected chi connectivity index (χ4v) is 4.04. The number of ether oxygens (including phenoxy) is 1. The van der Waals surface area contributed by atoms with Crippen LogP contribution in [0.5, 0.6) is 0 Å². The first-order chi connectivity index (χ1) is 15.3. The monoisotopic (exact) mass is 442 g/mol. The molecule has 8 nitrogen and oxygen atoms in total. The summed E-state index contributed by atoms with van der Waals surface area (Å²) >= 11 is 0. The molecule has 4 N–H and O–H groups in total. The average Bonchev–Trinajstić information content (AvgIpc) is 3.24. The number of hydrogen-bond donors (Lipinski definition) is 4. The number of aliphatic imine (C=N–C) groups is 1. The highest BCUT2D eigenvalue weighted by atomic mass is 16.5. The summed E-state index contributed by atoms with van der Waals surface area (Å²) < 4.78 is 7.34. The van der Waals surface area contributed by atoms with Crippen LogP contribution in [0, 0.1) is 0 Å². The average molecular weight is 443 g/mol. The van der Waals surface area contributed by atoms with E-state index in [9.17, 15) is 5.11 Å². The highest BCUT2D eigenvalue weighted by Gasteiger charge is 2.34. The van der Waals surface area contributed by atoms with Crippen molar-refractivity contribution in [2.24, 2.45) is 12.0 Å². The summed E-state index contributed by atoms with van der Waals surface area (Å²) in [5.41, 5.74) is 0.827. The zero-order chi connectivity index (χ0) is 23.0. The summed E-state index contributed by atoms with van der Waals surface area (Å²) in [6.45, 7) is 9.17. The first-order valence-corrected chi connectivity index (χ1v) is 11.5. The molecule has 32 heavy (non-hydrogen) atoms. The van der Waals surface area contributed by atoms with Crippen molar-refractivity contribution >= 4 is 5.96 Å². The van der Waals surface area contributed by atoms with Gasteiger partial charge in [-0.05, 0) is 39.2 Å². The summed E-state index contributed by atoms with van der Waals surface area (Å²) in [4.78, 5) is 4.67. The predicted octanol–water partition coefficient (Wildman–Crippen LogP) is 2.08. The molecule has 8 heteroatoms. The van der Waals surface area contributed by atoms with Gasteiger partial charge in [0.15, 0.2) is 5.96 Å². The molecule has 1 fully saturated rings. The van der Waals surface area contributed by atoms with Crippen molar-refractivity contribution in [2.75, 3.05) is 32.8 Å². The van der Waals surface area contributed by atoms with Crippen LogP contribution in [0.25, 0.3) is 0 Å². The van der Waals surface area contributed by atoms with Gasteiger partial charge in [0, 0.05) is 56.7 Å². The molecule has 0 spiro atoms. The fourth-order valence-electron chi connectivity index (χ4n) is 4.04. The van der Waals surface area contributed by atoms with Crippen molar-refractivity contribution in [1.82, 2.24) is 25.7 Å². The van der Waals surface area contributed by atoms with E-state index in [0.29, 0.717) is 12.5 Å². The van der Waals surface area contributed by atoms with Crippen LogP contribution >= 0.6 is 0 Å². The molecule has 0 radical (unpaired) electrons. The van der Waals surface area contributed by atoms with E-state index in [4.69, 9.17) is 4.74 Å². The van der Waals surface area contributed by atoms with E-state index in [2.05, 4.69) is 57.2 Å². The molecule has 2 atom stereocenters. The van der Waals surface area contributed by atoms with Gasteiger partial charge in [0.2, 0.25) is 0 Å². The summed E-state index contributed by atoms with van der Waals surface area (Å²) in [6.07, 6.45) is 5.34. The van der Waals surface area contributed by atoms with Crippen molar-refractivity contribution in [1.29, 1.82) is 0 Å². The Balaban J connectivity index is 1.68. The lowest BCUT2D eigenvalue weighted by molar-refractivity contribution is 0.0354. The maximum atomic E-state index is 10.9. The summed E-state index contributed by atoms with van der Waals surface area (Å²) in [7, 11) is 1.84. The van der Waals surface area contributed by atoms with Gasteiger partial charge in [-0.1, -0.05) is 30.3 Å². The SMILES string of the molecule is CCNC(=NCC(C)(O)c1cnn(C)c1)NCC1(NC(C)c2ccccc2)CCOCC1. The molecule has 0 amide bonds. The van der Waals surface area contributed by atoms with Crippen LogP contribution in [0.1, 0.15) is 50.8 Å². The minimum absolute atomic E-state index is 0.102. The Bertz CT molecular complexity index is 858. The van der Waals surface area contributed by atoms with Crippen LogP contribution in [0.4, 0.5) is 0 Å². The van der Waals surface area contributed by atoms with E-state index in [1.807, 2.05) is 26.2 Å². The highest BCUT2D eigenvalue weighted by molar-refractivity contribution is 5.79. The quantitative estimate of drug-likeness (QED) is 0.351. The first kappa shape index (κ1) is 24.2. The number of aryl methyl sites for hydroxylation is 1. The highest BCUT2D eigenvalue weighted by Crippen LogP contribution is 2.25. The normalized spacial score (nSPS) is 19.2. The molecule has 1 saturated heterocycles. The molecule has 3 rings (SSSR count). The summed E-state index contributed by atoms with van der Waals surface area (Å²) in [5.74, 6) is 0.691. The van der Waals surface area contributed by atoms with E-state index in [1.165, 1.54) is 5.56 Å². The molecular formula is C24H38N6O2. The molecule has 0 aliphatic carbocycles. The molecule has 1 aliphatic rings. The number of benzene rings is 1. The summed E-state index contributed by atoms with van der Waals surface area (Å²) in [5, 5.41) is 25.7. The molecule has 2 unspecified atom stereocenters. The Morgan fingerprint density at radius 1 is 1.28 bits per heavy atom. The van der Waals surface area contributed by atoms with Gasteiger partial charge in [0.25, 0.3) is 0 Å². The summed E-state index contributed by atoms with van der Waals surface area (Å²) in [6, 6.07) is 10.7. The van der Waals surface area contributed by atoms with Crippen LogP contribution < -0.4 is 16.0 Å². The van der Waals surface area contributed by atoms with Crippen molar-refractivity contribution in [3.8, 4) is 0 Å². The first-order valence-electron chi connectivity index (χ1n) is 11.5. The Labute approximate surface area is 191 Å². The Hall–Kier alpha value is -2.42. The van der Waals surface area contributed by atoms with Crippen molar-refractivity contribution < 1.29 is 9.84 Å². The zero-order valence-corrected chi connectivity index (χ0v) is 19.8. The van der Waals surface area contributed by atoms with E-state index in [0.717, 1.165) is 38.2 Å². The number of hydrogen-bond acceptors (Lipinski definition) is 5. The van der Waals surface area contributed by atoms with Crippen LogP contribution in [-0.4, -0.2) is 59.2 Å². The van der Waals surface area contributed by atoms with Crippen molar-refractivity contribution in [2.45, 2.75) is 50.8 Å². The van der Waals surface area contributed by atoms with Crippen LogP contribution in [-0.2, 0) is 17.4 Å². The van der Waals surface area contributed by atoms with Gasteiger partial charge in [-0.25, -0.2) is 4.99 Å². The van der Waals surface area contributed by atoms with Crippen molar-refractivity contribution in [3.05, 3.63) is 53.9 Å². The zero-order valence-electron chi connectivity index (χ0n) is 19.8. The molecule has 1 aliphatic heterocycles. The standard InChI is InChI=1S/C24H38N6O2/c1-5-25-22(26-17-23(3,31)21-15-28-30(4)16-21)27-18-24(11-13-32-14-12-24)29-19(2)20-9-7-6-8-10-20/h6-10,15-16,19,29,31H,5,11-14,17-18H2,1-4H3,(H2,25,26,27). The fraction of sp³-hybridized carbons (Fsp3) is 0.583. The maximum absolute atomic E-state index is 10.9. The molecule has 1 aromatic heterocycles. The van der Waals surface area contributed by atoms with Gasteiger partial charge in [-0.3, -0.25) is 4.68 Å². The number of guanidine groups is 1. The van der Waals surface area contributed by atoms with E-state index in [-0.39, 0.29) is 18.1 Å². The molecule has 2 heterocycles. The predicted molar refractivity (Wildman–Crippen MR) is 128 cm³/mol. The maximum Gasteiger partial charge on any atom is 0.191 e. The third-order valence-corrected chi connectivity index (χ3v) is 6.08. The molecule has 176 valence electrons. The Morgan fingerprint density at radius 3 is 2.62 bits per heavy atom. The van der Waals surface area contributed by atoms with E-state index >= 15 is 0 Å². The smallest absolute Gasteiger partial charge is 0.191 e. The van der Waals surface area contributed by atoms with Gasteiger partial charge in [0.05, 0.1) is 12.7 Å². The van der Waals surface area contributed by atoms with Gasteiger partial charge >= 0.3 is 0 Å². The number of aliphatic hydroxyl groups is 1. The third-order valence-electron chi connectivity index (χ3n) is 6.08. The molecule has 2 aromatic rings. The topological polar surface area (TPSA) is 95.7 Å². The largest absolute Gasteiger partial charge is 0.383 e. The van der Waals surface area contributed by atoms with Crippen molar-refractivity contribution in [3.63, 3.8) is 0 Å². The number of aromatic nitrogens is 2. The van der Waals surface area contributed by atoms with Gasteiger partial charge in [0.1, 0.15) is 5.60 Å². The van der Waals surface area contributed by atoms with Crippen LogP contribution in [0.15, 0.2) is 47.7 Å². The van der Waals surface area contributed by atoms with Gasteiger partial charge in [-0.2, -0.15) is 5.10 Å². The third kappa shape index (κ3) is 6.54. The number of nitrogens with one attached hydrogen (secondary N) is 3. The Morgan fingerprint density at radius 2 is 2.00 bits per heavy atom.